The van der Waals surface area contributed by atoms with E-state index in [1.54, 1.807) is 0 Å². The Morgan fingerprint density at radius 1 is 1.00 bits per heavy atom. The predicted octanol–water partition coefficient (Wildman–Crippen LogP) is 0.560. The zero-order valence-corrected chi connectivity index (χ0v) is 9.24. The Labute approximate surface area is 91.3 Å². The van der Waals surface area contributed by atoms with Crippen LogP contribution in [0.4, 0.5) is 0 Å². The van der Waals surface area contributed by atoms with E-state index in [1.807, 2.05) is 0 Å². The molecule has 2 fully saturated rings. The maximum Gasteiger partial charge on any atom is 0.0831 e. The van der Waals surface area contributed by atoms with Crippen molar-refractivity contribution in [2.24, 2.45) is 0 Å². The predicted molar refractivity (Wildman–Crippen MR) is 57.0 cm³/mol. The molecule has 0 aromatic carbocycles. The Morgan fingerprint density at radius 3 is 2.40 bits per heavy atom. The van der Waals surface area contributed by atoms with Crippen molar-refractivity contribution in [3.05, 3.63) is 0 Å². The summed E-state index contributed by atoms with van der Waals surface area (Å²) in [7, 11) is 0. The minimum absolute atomic E-state index is 0.307. The van der Waals surface area contributed by atoms with Gasteiger partial charge in [0, 0.05) is 6.61 Å². The molecule has 2 saturated heterocycles. The van der Waals surface area contributed by atoms with Gasteiger partial charge in [0.2, 0.25) is 0 Å². The molecule has 2 rings (SSSR count). The normalized spacial score (nSPS) is 28.4. The van der Waals surface area contributed by atoms with Crippen molar-refractivity contribution in [2.75, 3.05) is 39.5 Å². The van der Waals surface area contributed by atoms with Crippen molar-refractivity contribution in [3.8, 4) is 0 Å². The lowest BCUT2D eigenvalue weighted by atomic mass is 10.1. The molecule has 0 bridgehead atoms. The molecule has 0 saturated carbocycles. The lowest BCUT2D eigenvalue weighted by molar-refractivity contribution is -0.0310. The minimum atomic E-state index is 0.307. The zero-order chi connectivity index (χ0) is 10.3. The monoisotopic (exact) mass is 215 g/mol. The maximum absolute atomic E-state index is 5.74. The van der Waals surface area contributed by atoms with Crippen LogP contribution in [0.25, 0.3) is 0 Å². The first kappa shape index (κ1) is 11.3. The molecule has 0 aromatic rings. The lowest BCUT2D eigenvalue weighted by Crippen LogP contribution is -2.33. The highest BCUT2D eigenvalue weighted by molar-refractivity contribution is 4.68. The van der Waals surface area contributed by atoms with Crippen molar-refractivity contribution in [2.45, 2.75) is 31.5 Å². The number of nitrogens with one attached hydrogen (secondary N) is 1. The molecule has 15 heavy (non-hydrogen) atoms. The number of hydrogen-bond donors (Lipinski definition) is 1. The van der Waals surface area contributed by atoms with Gasteiger partial charge in [0.05, 0.1) is 32.0 Å². The lowest BCUT2D eigenvalue weighted by Gasteiger charge is -2.23. The van der Waals surface area contributed by atoms with Crippen LogP contribution in [0.2, 0.25) is 0 Å². The molecule has 2 aliphatic heterocycles. The summed E-state index contributed by atoms with van der Waals surface area (Å²) in [6.07, 6.45) is 4.04. The van der Waals surface area contributed by atoms with E-state index in [0.29, 0.717) is 18.8 Å². The second kappa shape index (κ2) is 6.43. The van der Waals surface area contributed by atoms with Gasteiger partial charge in [-0.25, -0.2) is 0 Å². The van der Waals surface area contributed by atoms with Gasteiger partial charge >= 0.3 is 0 Å². The molecule has 0 amide bonds. The number of ether oxygens (including phenoxy) is 3. The van der Waals surface area contributed by atoms with Gasteiger partial charge in [-0.15, -0.1) is 0 Å². The van der Waals surface area contributed by atoms with Crippen LogP contribution in [0.1, 0.15) is 19.3 Å². The van der Waals surface area contributed by atoms with Crippen molar-refractivity contribution in [3.63, 3.8) is 0 Å². The van der Waals surface area contributed by atoms with Crippen molar-refractivity contribution >= 4 is 0 Å². The molecule has 88 valence electrons. The van der Waals surface area contributed by atoms with Crippen LogP contribution < -0.4 is 5.32 Å². The molecule has 2 aliphatic rings. The molecule has 0 radical (unpaired) electrons. The van der Waals surface area contributed by atoms with Crippen molar-refractivity contribution in [1.82, 2.24) is 5.32 Å². The molecular formula is C11H21NO3. The fourth-order valence-electron chi connectivity index (χ4n) is 2.04. The smallest absolute Gasteiger partial charge is 0.0831 e. The molecule has 4 heteroatoms. The molecule has 2 heterocycles. The quantitative estimate of drug-likeness (QED) is 0.680. The topological polar surface area (TPSA) is 39.7 Å². The van der Waals surface area contributed by atoms with E-state index in [-0.39, 0.29) is 0 Å². The Kier molecular flexibility index (Phi) is 4.86. The Hall–Kier alpha value is -0.160. The summed E-state index contributed by atoms with van der Waals surface area (Å²) >= 11 is 0. The Morgan fingerprint density at radius 2 is 1.73 bits per heavy atom. The zero-order valence-electron chi connectivity index (χ0n) is 9.24. The number of piperidine rings is 1. The molecule has 0 spiro atoms. The van der Waals surface area contributed by atoms with Gasteiger partial charge in [-0.1, -0.05) is 0 Å². The van der Waals surface area contributed by atoms with Crippen molar-refractivity contribution < 1.29 is 14.2 Å². The molecular weight excluding hydrogens is 194 g/mol. The Bertz CT molecular complexity index is 165. The van der Waals surface area contributed by atoms with Crippen LogP contribution in [-0.4, -0.2) is 51.7 Å². The highest BCUT2D eigenvalue weighted by Crippen LogP contribution is 2.09. The van der Waals surface area contributed by atoms with Gasteiger partial charge in [0.25, 0.3) is 0 Å². The first-order chi connectivity index (χ1) is 7.45. The summed E-state index contributed by atoms with van der Waals surface area (Å²) in [6.45, 7) is 5.20. The molecule has 0 aliphatic carbocycles. The van der Waals surface area contributed by atoms with Crippen LogP contribution in [0.15, 0.2) is 0 Å². The van der Waals surface area contributed by atoms with Gasteiger partial charge in [0.15, 0.2) is 0 Å². The Balaban J connectivity index is 1.47. The summed E-state index contributed by atoms with van der Waals surface area (Å²) in [4.78, 5) is 0. The van der Waals surface area contributed by atoms with E-state index in [0.717, 1.165) is 52.2 Å². The standard InChI is InChI=1S/C11H21NO3/c1-4-12-5-2-10(1)14-7-8-15-11-3-6-13-9-11/h10-12H,1-9H2/t11-/m0/s1. The second-order valence-corrected chi connectivity index (χ2v) is 4.18. The van der Waals surface area contributed by atoms with Crippen LogP contribution in [-0.2, 0) is 14.2 Å². The highest BCUT2D eigenvalue weighted by atomic mass is 16.6. The first-order valence-electron chi connectivity index (χ1n) is 5.97. The van der Waals surface area contributed by atoms with Crippen LogP contribution in [0.5, 0.6) is 0 Å². The van der Waals surface area contributed by atoms with E-state index in [1.165, 1.54) is 0 Å². The fraction of sp³-hybridized carbons (Fsp3) is 1.00. The number of rotatable bonds is 5. The summed E-state index contributed by atoms with van der Waals surface area (Å²) in [6, 6.07) is 0. The molecule has 4 nitrogen and oxygen atoms in total. The molecule has 0 aromatic heterocycles. The third-order valence-electron chi connectivity index (χ3n) is 2.96. The second-order valence-electron chi connectivity index (χ2n) is 4.18. The van der Waals surface area contributed by atoms with E-state index < -0.39 is 0 Å². The summed E-state index contributed by atoms with van der Waals surface area (Å²) < 4.78 is 16.6. The highest BCUT2D eigenvalue weighted by Gasteiger charge is 2.16. The van der Waals surface area contributed by atoms with E-state index in [4.69, 9.17) is 14.2 Å². The van der Waals surface area contributed by atoms with E-state index >= 15 is 0 Å². The third kappa shape index (κ3) is 4.07. The van der Waals surface area contributed by atoms with Crippen LogP contribution in [0, 0.1) is 0 Å². The van der Waals surface area contributed by atoms with E-state index in [2.05, 4.69) is 5.32 Å². The first-order valence-corrected chi connectivity index (χ1v) is 5.97. The van der Waals surface area contributed by atoms with Crippen LogP contribution >= 0.6 is 0 Å². The molecule has 0 unspecified atom stereocenters. The molecule has 1 N–H and O–H groups in total. The van der Waals surface area contributed by atoms with Gasteiger partial charge < -0.3 is 19.5 Å². The van der Waals surface area contributed by atoms with Gasteiger partial charge in [-0.2, -0.15) is 0 Å². The average molecular weight is 215 g/mol. The van der Waals surface area contributed by atoms with Gasteiger partial charge in [-0.05, 0) is 32.4 Å². The van der Waals surface area contributed by atoms with Crippen LogP contribution in [0.3, 0.4) is 0 Å². The van der Waals surface area contributed by atoms with E-state index in [9.17, 15) is 0 Å². The SMILES string of the molecule is C1CC(OCCO[C@H]2CCOC2)CCN1. The number of hydrogen-bond acceptors (Lipinski definition) is 4. The summed E-state index contributed by atoms with van der Waals surface area (Å²) in [5.74, 6) is 0. The molecule has 1 atom stereocenters. The fourth-order valence-corrected chi connectivity index (χ4v) is 2.04. The maximum atomic E-state index is 5.74. The third-order valence-corrected chi connectivity index (χ3v) is 2.96. The van der Waals surface area contributed by atoms with Crippen molar-refractivity contribution in [1.29, 1.82) is 0 Å². The van der Waals surface area contributed by atoms with Gasteiger partial charge in [-0.3, -0.25) is 0 Å². The summed E-state index contributed by atoms with van der Waals surface area (Å²) in [5, 5.41) is 3.32. The van der Waals surface area contributed by atoms with Gasteiger partial charge in [0.1, 0.15) is 0 Å². The average Bonchev–Trinajstić information content (AvgIpc) is 2.79. The summed E-state index contributed by atoms with van der Waals surface area (Å²) in [5.41, 5.74) is 0. The minimum Gasteiger partial charge on any atom is -0.379 e. The largest absolute Gasteiger partial charge is 0.379 e.